The first-order valence-electron chi connectivity index (χ1n) is 8.06. The monoisotopic (exact) mass is 440 g/mol. The molecule has 0 aliphatic rings. The van der Waals surface area contributed by atoms with E-state index in [1.807, 2.05) is 40.7 Å². The highest BCUT2D eigenvalue weighted by Crippen LogP contribution is 2.23. The Hall–Kier alpha value is -1.14. The first-order valence-corrected chi connectivity index (χ1v) is 9.14. The Morgan fingerprint density at radius 3 is 1.96 bits per heavy atom. The van der Waals surface area contributed by atoms with Gasteiger partial charge >= 0.3 is 5.97 Å². The SMILES string of the molecule is CC(C)(I)OCc1ccc2ccc(COC(=O)C(C)(C)C)cc2c1. The van der Waals surface area contributed by atoms with Crippen molar-refractivity contribution in [1.82, 2.24) is 0 Å². The molecule has 3 nitrogen and oxygen atoms in total. The molecule has 4 heteroatoms. The number of carbonyl (C=O) groups excluding carboxylic acids is 1. The summed E-state index contributed by atoms with van der Waals surface area (Å²) in [5.41, 5.74) is 1.65. The van der Waals surface area contributed by atoms with Crippen molar-refractivity contribution in [2.24, 2.45) is 5.41 Å². The van der Waals surface area contributed by atoms with E-state index < -0.39 is 5.41 Å². The zero-order valence-electron chi connectivity index (χ0n) is 15.0. The lowest BCUT2D eigenvalue weighted by atomic mass is 9.97. The number of halogens is 1. The molecule has 0 atom stereocenters. The first-order chi connectivity index (χ1) is 11.0. The molecule has 0 aromatic heterocycles. The van der Waals surface area contributed by atoms with Crippen LogP contribution in [0.1, 0.15) is 45.7 Å². The third-order valence-electron chi connectivity index (χ3n) is 3.53. The van der Waals surface area contributed by atoms with Crippen molar-refractivity contribution in [2.45, 2.75) is 51.4 Å². The molecule has 130 valence electrons. The first kappa shape index (κ1) is 19.2. The predicted octanol–water partition coefficient (Wildman–Crippen LogP) is 5.62. The van der Waals surface area contributed by atoms with E-state index in [1.54, 1.807) is 0 Å². The number of hydrogen-bond donors (Lipinski definition) is 0. The van der Waals surface area contributed by atoms with Gasteiger partial charge in [-0.1, -0.05) is 24.3 Å². The average molecular weight is 440 g/mol. The van der Waals surface area contributed by atoms with Gasteiger partial charge in [-0.05, 0) is 91.2 Å². The number of benzene rings is 2. The highest BCUT2D eigenvalue weighted by Gasteiger charge is 2.22. The molecule has 0 N–H and O–H groups in total. The minimum absolute atomic E-state index is 0.185. The Balaban J connectivity index is 2.12. The number of hydrogen-bond acceptors (Lipinski definition) is 3. The molecular weight excluding hydrogens is 415 g/mol. The van der Waals surface area contributed by atoms with Gasteiger partial charge in [0.2, 0.25) is 0 Å². The Bertz CT molecular complexity index is 724. The second kappa shape index (κ2) is 7.40. The van der Waals surface area contributed by atoms with Crippen molar-refractivity contribution in [2.75, 3.05) is 0 Å². The van der Waals surface area contributed by atoms with Crippen LogP contribution in [0, 0.1) is 5.41 Å². The van der Waals surface area contributed by atoms with Crippen LogP contribution in [-0.2, 0) is 27.5 Å². The fraction of sp³-hybridized carbons (Fsp3) is 0.450. The molecule has 2 rings (SSSR count). The largest absolute Gasteiger partial charge is 0.460 e. The second-order valence-corrected chi connectivity index (χ2v) is 10.1. The molecule has 2 aromatic carbocycles. The molecule has 0 heterocycles. The van der Waals surface area contributed by atoms with Crippen LogP contribution >= 0.6 is 22.6 Å². The Labute approximate surface area is 157 Å². The third kappa shape index (κ3) is 5.74. The van der Waals surface area contributed by atoms with Crippen molar-refractivity contribution >= 4 is 39.3 Å². The zero-order chi connectivity index (χ0) is 18.0. The van der Waals surface area contributed by atoms with Gasteiger partial charge in [0.25, 0.3) is 0 Å². The minimum Gasteiger partial charge on any atom is -0.460 e. The van der Waals surface area contributed by atoms with Crippen LogP contribution < -0.4 is 0 Å². The Kier molecular flexibility index (Phi) is 5.91. The lowest BCUT2D eigenvalue weighted by Gasteiger charge is -2.18. The molecule has 0 saturated heterocycles. The lowest BCUT2D eigenvalue weighted by molar-refractivity contribution is -0.154. The summed E-state index contributed by atoms with van der Waals surface area (Å²) in [6.07, 6.45) is 0. The van der Waals surface area contributed by atoms with E-state index in [0.717, 1.165) is 16.5 Å². The number of alkyl halides is 1. The van der Waals surface area contributed by atoms with Crippen LogP contribution in [-0.4, -0.2) is 9.58 Å². The van der Waals surface area contributed by atoms with Crippen LogP contribution in [0.15, 0.2) is 36.4 Å². The molecule has 0 aliphatic carbocycles. The van der Waals surface area contributed by atoms with E-state index in [9.17, 15) is 4.79 Å². The van der Waals surface area contributed by atoms with Crippen molar-refractivity contribution in [3.8, 4) is 0 Å². The van der Waals surface area contributed by atoms with E-state index >= 15 is 0 Å². The van der Waals surface area contributed by atoms with E-state index in [2.05, 4.69) is 52.9 Å². The molecule has 0 radical (unpaired) electrons. The minimum atomic E-state index is -0.479. The van der Waals surface area contributed by atoms with Crippen molar-refractivity contribution in [3.05, 3.63) is 47.5 Å². The molecular formula is C20H25IO3. The van der Waals surface area contributed by atoms with Crippen LogP contribution in [0.3, 0.4) is 0 Å². The smallest absolute Gasteiger partial charge is 0.311 e. The summed E-state index contributed by atoms with van der Waals surface area (Å²) in [4.78, 5) is 11.9. The van der Waals surface area contributed by atoms with Gasteiger partial charge < -0.3 is 9.47 Å². The Morgan fingerprint density at radius 1 is 0.917 bits per heavy atom. The molecule has 0 fully saturated rings. The predicted molar refractivity (Wildman–Crippen MR) is 106 cm³/mol. The summed E-state index contributed by atoms with van der Waals surface area (Å²) >= 11 is 2.28. The third-order valence-corrected chi connectivity index (χ3v) is 3.84. The summed E-state index contributed by atoms with van der Waals surface area (Å²) < 4.78 is 11.0. The Morgan fingerprint density at radius 2 is 1.46 bits per heavy atom. The van der Waals surface area contributed by atoms with Crippen molar-refractivity contribution < 1.29 is 14.3 Å². The van der Waals surface area contributed by atoms with Crippen LogP contribution in [0.4, 0.5) is 0 Å². The van der Waals surface area contributed by atoms with Crippen LogP contribution in [0.2, 0.25) is 0 Å². The molecule has 0 bridgehead atoms. The fourth-order valence-electron chi connectivity index (χ4n) is 2.15. The standard InChI is InChI=1S/C20H25IO3/c1-19(2,3)18(22)23-12-14-6-8-16-9-7-15(11-17(16)10-14)13-24-20(4,5)21/h6-11H,12-13H2,1-5H3. The van der Waals surface area contributed by atoms with E-state index in [4.69, 9.17) is 9.47 Å². The number of fused-ring (bicyclic) bond motifs is 1. The number of carbonyl (C=O) groups is 1. The number of rotatable bonds is 5. The number of esters is 1. The van der Waals surface area contributed by atoms with Crippen molar-refractivity contribution in [1.29, 1.82) is 0 Å². The topological polar surface area (TPSA) is 35.5 Å². The molecule has 0 saturated carbocycles. The van der Waals surface area contributed by atoms with Gasteiger partial charge in [-0.25, -0.2) is 0 Å². The van der Waals surface area contributed by atoms with Gasteiger partial charge in [-0.3, -0.25) is 4.79 Å². The lowest BCUT2D eigenvalue weighted by Crippen LogP contribution is -2.22. The molecule has 0 unspecified atom stereocenters. The maximum atomic E-state index is 11.9. The van der Waals surface area contributed by atoms with Gasteiger partial charge in [0.05, 0.1) is 12.0 Å². The van der Waals surface area contributed by atoms with Gasteiger partial charge in [-0.2, -0.15) is 0 Å². The zero-order valence-corrected chi connectivity index (χ0v) is 17.1. The maximum Gasteiger partial charge on any atom is 0.311 e. The molecule has 0 spiro atoms. The highest BCUT2D eigenvalue weighted by atomic mass is 127. The van der Waals surface area contributed by atoms with Crippen LogP contribution in [0.5, 0.6) is 0 Å². The average Bonchev–Trinajstić information content (AvgIpc) is 2.48. The summed E-state index contributed by atoms with van der Waals surface area (Å²) in [6.45, 7) is 10.5. The quantitative estimate of drug-likeness (QED) is 0.344. The molecule has 0 amide bonds. The molecule has 0 aliphatic heterocycles. The normalized spacial score (nSPS) is 12.4. The molecule has 2 aromatic rings. The number of ether oxygens (including phenoxy) is 2. The van der Waals surface area contributed by atoms with Crippen LogP contribution in [0.25, 0.3) is 10.8 Å². The molecule has 24 heavy (non-hydrogen) atoms. The van der Waals surface area contributed by atoms with E-state index in [0.29, 0.717) is 13.2 Å². The van der Waals surface area contributed by atoms with Crippen molar-refractivity contribution in [3.63, 3.8) is 0 Å². The van der Waals surface area contributed by atoms with Gasteiger partial charge in [0, 0.05) is 0 Å². The fourth-order valence-corrected chi connectivity index (χ4v) is 2.30. The van der Waals surface area contributed by atoms with Gasteiger partial charge in [-0.15, -0.1) is 0 Å². The van der Waals surface area contributed by atoms with Gasteiger partial charge in [0.1, 0.15) is 10.2 Å². The summed E-state index contributed by atoms with van der Waals surface area (Å²) in [7, 11) is 0. The summed E-state index contributed by atoms with van der Waals surface area (Å²) in [6, 6.07) is 12.4. The summed E-state index contributed by atoms with van der Waals surface area (Å²) in [5, 5.41) is 2.30. The van der Waals surface area contributed by atoms with E-state index in [-0.39, 0.29) is 9.58 Å². The van der Waals surface area contributed by atoms with E-state index in [1.165, 1.54) is 5.39 Å². The second-order valence-electron chi connectivity index (χ2n) is 7.49. The highest BCUT2D eigenvalue weighted by molar-refractivity contribution is 14.1. The summed E-state index contributed by atoms with van der Waals surface area (Å²) in [5.74, 6) is -0.186. The maximum absolute atomic E-state index is 11.9. The van der Waals surface area contributed by atoms with Gasteiger partial charge in [0.15, 0.2) is 0 Å².